The van der Waals surface area contributed by atoms with Gasteiger partial charge < -0.3 is 21.7 Å². The van der Waals surface area contributed by atoms with Gasteiger partial charge in [-0.1, -0.05) is 11.8 Å². The van der Waals surface area contributed by atoms with Gasteiger partial charge in [0.05, 0.1) is 5.92 Å². The summed E-state index contributed by atoms with van der Waals surface area (Å²) in [5.41, 5.74) is 9.46. The molecule has 3 amide bonds. The Morgan fingerprint density at radius 3 is 2.24 bits per heavy atom. The molecule has 0 saturated carbocycles. The smallest absolute Gasteiger partial charge is 0.267 e. The molecule has 0 aromatic heterocycles. The molecular formula is C24H27N5O4. The Bertz CT molecular complexity index is 1040. The van der Waals surface area contributed by atoms with E-state index in [1.54, 1.807) is 24.3 Å². The van der Waals surface area contributed by atoms with Gasteiger partial charge in [0.25, 0.3) is 11.8 Å². The summed E-state index contributed by atoms with van der Waals surface area (Å²) in [6.07, 6.45) is 1.90. The van der Waals surface area contributed by atoms with Gasteiger partial charge in [-0.2, -0.15) is 0 Å². The van der Waals surface area contributed by atoms with E-state index in [0.717, 1.165) is 30.6 Å². The van der Waals surface area contributed by atoms with Gasteiger partial charge in [-0.3, -0.25) is 19.6 Å². The lowest BCUT2D eigenvalue weighted by Crippen LogP contribution is -2.50. The second-order valence-corrected chi connectivity index (χ2v) is 7.68. The zero-order valence-electron chi connectivity index (χ0n) is 18.1. The summed E-state index contributed by atoms with van der Waals surface area (Å²) < 4.78 is 0. The molecule has 1 aliphatic heterocycles. The van der Waals surface area contributed by atoms with Crippen LogP contribution in [-0.2, 0) is 9.59 Å². The van der Waals surface area contributed by atoms with Crippen LogP contribution in [0.5, 0.6) is 0 Å². The summed E-state index contributed by atoms with van der Waals surface area (Å²) in [4.78, 5) is 36.0. The first-order chi connectivity index (χ1) is 16.0. The van der Waals surface area contributed by atoms with Crippen LogP contribution in [0.1, 0.15) is 34.3 Å². The number of anilines is 1. The Morgan fingerprint density at radius 1 is 1.06 bits per heavy atom. The average molecular weight is 450 g/mol. The predicted molar refractivity (Wildman–Crippen MR) is 123 cm³/mol. The van der Waals surface area contributed by atoms with Crippen molar-refractivity contribution in [1.29, 1.82) is 0 Å². The van der Waals surface area contributed by atoms with E-state index in [4.69, 9.17) is 10.9 Å². The van der Waals surface area contributed by atoms with E-state index < -0.39 is 17.9 Å². The van der Waals surface area contributed by atoms with E-state index in [0.29, 0.717) is 17.7 Å². The van der Waals surface area contributed by atoms with Gasteiger partial charge in [0.2, 0.25) is 5.91 Å². The van der Waals surface area contributed by atoms with Crippen molar-refractivity contribution in [3.63, 3.8) is 0 Å². The van der Waals surface area contributed by atoms with E-state index in [1.807, 2.05) is 24.3 Å². The lowest BCUT2D eigenvalue weighted by atomic mass is 9.99. The van der Waals surface area contributed by atoms with Crippen LogP contribution in [0.2, 0.25) is 0 Å². The number of hydrogen-bond acceptors (Lipinski definition) is 6. The zero-order chi connectivity index (χ0) is 23.6. The number of benzene rings is 2. The number of rotatable bonds is 6. The van der Waals surface area contributed by atoms with Gasteiger partial charge >= 0.3 is 0 Å². The molecule has 1 saturated heterocycles. The van der Waals surface area contributed by atoms with Crippen LogP contribution in [0, 0.1) is 17.8 Å². The second-order valence-electron chi connectivity index (χ2n) is 7.68. The normalized spacial score (nSPS) is 16.0. The summed E-state index contributed by atoms with van der Waals surface area (Å²) in [7, 11) is 0. The van der Waals surface area contributed by atoms with E-state index in [9.17, 15) is 14.4 Å². The minimum Gasteiger partial charge on any atom is -0.339 e. The molecule has 0 aliphatic carbocycles. The van der Waals surface area contributed by atoms with Gasteiger partial charge in [0, 0.05) is 35.5 Å². The number of hydrogen-bond donors (Lipinski definition) is 6. The second kappa shape index (κ2) is 11.8. The molecule has 9 nitrogen and oxygen atoms in total. The molecule has 9 heteroatoms. The van der Waals surface area contributed by atoms with E-state index in [1.165, 1.54) is 5.48 Å². The van der Waals surface area contributed by atoms with Crippen LogP contribution < -0.4 is 27.2 Å². The molecule has 1 fully saturated rings. The van der Waals surface area contributed by atoms with Gasteiger partial charge in [-0.05, 0) is 67.9 Å². The maximum absolute atomic E-state index is 12.3. The molecule has 2 atom stereocenters. The van der Waals surface area contributed by atoms with E-state index in [-0.39, 0.29) is 18.4 Å². The van der Waals surface area contributed by atoms with Crippen molar-refractivity contribution in [2.45, 2.75) is 18.9 Å². The number of carbonyl (C=O) groups is 3. The molecule has 2 aromatic carbocycles. The van der Waals surface area contributed by atoms with Gasteiger partial charge in [-0.15, -0.1) is 0 Å². The molecule has 1 aliphatic rings. The monoisotopic (exact) mass is 449 g/mol. The first-order valence-corrected chi connectivity index (χ1v) is 10.7. The van der Waals surface area contributed by atoms with Crippen molar-refractivity contribution >= 4 is 23.4 Å². The average Bonchev–Trinajstić information content (AvgIpc) is 2.87. The highest BCUT2D eigenvalue weighted by atomic mass is 16.5. The summed E-state index contributed by atoms with van der Waals surface area (Å²) >= 11 is 0. The Kier molecular flexibility index (Phi) is 8.55. The molecule has 33 heavy (non-hydrogen) atoms. The fourth-order valence-electron chi connectivity index (χ4n) is 3.36. The van der Waals surface area contributed by atoms with Crippen LogP contribution in [0.4, 0.5) is 5.69 Å². The molecule has 3 rings (SSSR count). The van der Waals surface area contributed by atoms with Crippen LogP contribution in [-0.4, -0.2) is 48.6 Å². The maximum Gasteiger partial charge on any atom is 0.267 e. The van der Waals surface area contributed by atoms with Crippen LogP contribution in [0.25, 0.3) is 0 Å². The third-order valence-corrected chi connectivity index (χ3v) is 5.29. The molecule has 2 aromatic rings. The van der Waals surface area contributed by atoms with Crippen molar-refractivity contribution in [2.75, 3.05) is 25.0 Å². The third kappa shape index (κ3) is 6.89. The fourth-order valence-corrected chi connectivity index (χ4v) is 3.36. The van der Waals surface area contributed by atoms with E-state index in [2.05, 4.69) is 27.8 Å². The van der Waals surface area contributed by atoms with Crippen molar-refractivity contribution < 1.29 is 19.6 Å². The molecule has 172 valence electrons. The maximum atomic E-state index is 12.3. The molecule has 1 unspecified atom stereocenters. The molecule has 7 N–H and O–H groups in total. The number of nitrogens with two attached hydrogens (primary N) is 1. The highest BCUT2D eigenvalue weighted by Gasteiger charge is 2.21. The molecule has 1 heterocycles. The first-order valence-electron chi connectivity index (χ1n) is 10.7. The minimum atomic E-state index is -1.03. The highest BCUT2D eigenvalue weighted by molar-refractivity contribution is 5.97. The van der Waals surface area contributed by atoms with Crippen molar-refractivity contribution in [2.24, 2.45) is 11.7 Å². The Balaban J connectivity index is 1.57. The summed E-state index contributed by atoms with van der Waals surface area (Å²) in [6.45, 7) is 1.52. The highest BCUT2D eigenvalue weighted by Crippen LogP contribution is 2.15. The summed E-state index contributed by atoms with van der Waals surface area (Å²) in [5.74, 6) is 4.82. The standard InChI is InChI=1S/C24H27N5O4/c25-14-21(24(32)29-33)28-22(30)18-9-5-16(6-10-18)3-4-17-7-11-20(12-8-17)27-23(31)19-2-1-13-26-15-19/h5-12,19,21,26,33H,1-2,13-15,25H2,(H,27,31)(H,28,30)(H,29,32)/t19?,21-/m0/s1. The number of piperidine rings is 1. The van der Waals surface area contributed by atoms with E-state index >= 15 is 0 Å². The zero-order valence-corrected chi connectivity index (χ0v) is 18.1. The van der Waals surface area contributed by atoms with Gasteiger partial charge in [-0.25, -0.2) is 5.48 Å². The van der Waals surface area contributed by atoms with Crippen LogP contribution in [0.3, 0.4) is 0 Å². The molecule has 0 radical (unpaired) electrons. The van der Waals surface area contributed by atoms with Crippen LogP contribution >= 0.6 is 0 Å². The quantitative estimate of drug-likeness (QED) is 0.216. The van der Waals surface area contributed by atoms with Crippen molar-refractivity contribution in [3.05, 3.63) is 65.2 Å². The Labute approximate surface area is 192 Å². The van der Waals surface area contributed by atoms with Crippen molar-refractivity contribution in [3.8, 4) is 11.8 Å². The SMILES string of the molecule is NC[C@H](NC(=O)c1ccc(C#Cc2ccc(NC(=O)C3CCCNC3)cc2)cc1)C(=O)NO. The summed E-state index contributed by atoms with van der Waals surface area (Å²) in [5, 5.41) is 17.3. The van der Waals surface area contributed by atoms with Gasteiger partial charge in [0.1, 0.15) is 6.04 Å². The minimum absolute atomic E-state index is 0.00343. The lowest BCUT2D eigenvalue weighted by molar-refractivity contribution is -0.130. The first kappa shape index (κ1) is 23.9. The predicted octanol–water partition coefficient (Wildman–Crippen LogP) is 0.587. The number of nitrogens with one attached hydrogen (secondary N) is 4. The number of amides is 3. The Morgan fingerprint density at radius 2 is 1.70 bits per heavy atom. The topological polar surface area (TPSA) is 146 Å². The van der Waals surface area contributed by atoms with Crippen molar-refractivity contribution in [1.82, 2.24) is 16.1 Å². The molecule has 0 spiro atoms. The molecular weight excluding hydrogens is 422 g/mol. The van der Waals surface area contributed by atoms with Crippen LogP contribution in [0.15, 0.2) is 48.5 Å². The third-order valence-electron chi connectivity index (χ3n) is 5.29. The summed E-state index contributed by atoms with van der Waals surface area (Å²) in [6, 6.07) is 12.8. The Hall–Kier alpha value is -3.71. The number of carbonyl (C=O) groups excluding carboxylic acids is 3. The number of hydroxylamine groups is 1. The fraction of sp³-hybridized carbons (Fsp3) is 0.292. The lowest BCUT2D eigenvalue weighted by Gasteiger charge is -2.21. The largest absolute Gasteiger partial charge is 0.339 e. The van der Waals surface area contributed by atoms with Gasteiger partial charge in [0.15, 0.2) is 0 Å². The molecule has 0 bridgehead atoms.